The summed E-state index contributed by atoms with van der Waals surface area (Å²) in [5, 5.41) is 0. The Bertz CT molecular complexity index is 37.1. The molecule has 0 heterocycles. The molecule has 0 aromatic heterocycles. The van der Waals surface area contributed by atoms with Crippen molar-refractivity contribution in [1.82, 2.24) is 0 Å². The molecule has 0 aliphatic heterocycles. The van der Waals surface area contributed by atoms with Crippen LogP contribution < -0.4 is 0 Å². The Labute approximate surface area is 51.6 Å². The van der Waals surface area contributed by atoms with Gasteiger partial charge < -0.3 is 0 Å². The summed E-state index contributed by atoms with van der Waals surface area (Å²) in [7, 11) is 0.310. The van der Waals surface area contributed by atoms with Gasteiger partial charge in [-0.25, -0.2) is 0 Å². The van der Waals surface area contributed by atoms with Crippen LogP contribution in [0, 0.1) is 0 Å². The lowest BCUT2D eigenvalue weighted by atomic mass is 10.6. The van der Waals surface area contributed by atoms with Crippen molar-refractivity contribution in [3.05, 3.63) is 0 Å². The fourth-order valence-corrected chi connectivity index (χ4v) is 2.46. The van der Waals surface area contributed by atoms with E-state index < -0.39 is 0 Å². The average Bonchev–Trinajstić information content (AvgIpc) is 1.61. The molecule has 0 rings (SSSR count). The Morgan fingerprint density at radius 1 is 1.43 bits per heavy atom. The van der Waals surface area contributed by atoms with E-state index in [1.54, 1.807) is 0 Å². The zero-order valence-corrected chi connectivity index (χ0v) is 6.98. The van der Waals surface area contributed by atoms with E-state index in [1.165, 1.54) is 12.2 Å². The van der Waals surface area contributed by atoms with Crippen molar-refractivity contribution in [2.45, 2.75) is 13.3 Å². The van der Waals surface area contributed by atoms with Crippen LogP contribution in [-0.4, -0.2) is 19.1 Å². The summed E-state index contributed by atoms with van der Waals surface area (Å²) in [5.74, 6) is 1.35. The number of rotatable bonds is 3. The van der Waals surface area contributed by atoms with Gasteiger partial charge in [0, 0.05) is 0 Å². The monoisotopic (exact) mass is 136 g/mol. The first-order valence-electron chi connectivity index (χ1n) is 2.57. The van der Waals surface area contributed by atoms with E-state index in [4.69, 9.17) is 0 Å². The fourth-order valence-electron chi connectivity index (χ4n) is 0.274. The van der Waals surface area contributed by atoms with Crippen molar-refractivity contribution in [2.24, 2.45) is 0 Å². The molecule has 0 N–H and O–H groups in total. The second-order valence-electron chi connectivity index (χ2n) is 1.65. The normalized spacial score (nSPS) is 10.3. The summed E-state index contributed by atoms with van der Waals surface area (Å²) in [5.41, 5.74) is 0. The molecular weight excluding hydrogens is 123 g/mol. The van der Waals surface area contributed by atoms with Gasteiger partial charge in [-0.3, -0.25) is 0 Å². The van der Waals surface area contributed by atoms with Gasteiger partial charge in [0.1, 0.15) is 0 Å². The molecule has 0 spiro atoms. The molecule has 0 aromatic carbocycles. The molecule has 0 saturated carbocycles. The van der Waals surface area contributed by atoms with Crippen molar-refractivity contribution in [3.63, 3.8) is 0 Å². The average molecular weight is 136 g/mol. The minimum atomic E-state index is 0.310. The molecule has 0 atom stereocenters. The summed E-state index contributed by atoms with van der Waals surface area (Å²) in [4.78, 5) is 0. The lowest BCUT2D eigenvalue weighted by Gasteiger charge is -1.99. The van der Waals surface area contributed by atoms with Crippen LogP contribution in [0.1, 0.15) is 13.3 Å². The molecule has 0 saturated heterocycles. The van der Waals surface area contributed by atoms with E-state index in [0.717, 1.165) is 0 Å². The SMILES string of the molecule is CCCSP(C)C. The minimum absolute atomic E-state index is 0.310. The van der Waals surface area contributed by atoms with Crippen LogP contribution in [0.4, 0.5) is 0 Å². The molecule has 2 heteroatoms. The first-order chi connectivity index (χ1) is 3.27. The number of hydrogen-bond donors (Lipinski definition) is 0. The molecule has 0 nitrogen and oxygen atoms in total. The first kappa shape index (κ1) is 7.78. The largest absolute Gasteiger partial charge is 0.135 e. The Hall–Kier alpha value is 0.780. The van der Waals surface area contributed by atoms with Crippen LogP contribution >= 0.6 is 18.5 Å². The van der Waals surface area contributed by atoms with Crippen molar-refractivity contribution in [2.75, 3.05) is 19.1 Å². The molecule has 0 aromatic rings. The van der Waals surface area contributed by atoms with E-state index in [0.29, 0.717) is 7.12 Å². The molecule has 0 radical (unpaired) electrons. The minimum Gasteiger partial charge on any atom is -0.135 e. The van der Waals surface area contributed by atoms with E-state index in [1.807, 2.05) is 0 Å². The maximum atomic E-state index is 2.30. The summed E-state index contributed by atoms with van der Waals surface area (Å²) >= 11 is 2.10. The first-order valence-corrected chi connectivity index (χ1v) is 6.40. The molecule has 0 unspecified atom stereocenters. The molecular formula is C5H13PS. The van der Waals surface area contributed by atoms with Gasteiger partial charge in [-0.2, -0.15) is 0 Å². The van der Waals surface area contributed by atoms with Gasteiger partial charge in [0.05, 0.1) is 0 Å². The Kier molecular flexibility index (Phi) is 5.48. The van der Waals surface area contributed by atoms with Crippen LogP contribution in [-0.2, 0) is 0 Å². The van der Waals surface area contributed by atoms with Crippen molar-refractivity contribution in [1.29, 1.82) is 0 Å². The van der Waals surface area contributed by atoms with Crippen LogP contribution in [0.5, 0.6) is 0 Å². The Balaban J connectivity index is 2.68. The Morgan fingerprint density at radius 3 is 2.14 bits per heavy atom. The van der Waals surface area contributed by atoms with Crippen molar-refractivity contribution >= 4 is 18.5 Å². The fraction of sp³-hybridized carbons (Fsp3) is 1.00. The highest BCUT2D eigenvalue weighted by Gasteiger charge is 1.87. The van der Waals surface area contributed by atoms with Gasteiger partial charge in [-0.15, -0.1) is 11.4 Å². The quantitative estimate of drug-likeness (QED) is 0.537. The lowest BCUT2D eigenvalue weighted by Crippen LogP contribution is -1.67. The smallest absolute Gasteiger partial charge is 0.00286 e. The van der Waals surface area contributed by atoms with Gasteiger partial charge in [0.15, 0.2) is 0 Å². The van der Waals surface area contributed by atoms with E-state index in [-0.39, 0.29) is 0 Å². The van der Waals surface area contributed by atoms with Crippen LogP contribution in [0.25, 0.3) is 0 Å². The highest BCUT2D eigenvalue weighted by atomic mass is 32.7. The third kappa shape index (κ3) is 6.78. The predicted molar refractivity (Wildman–Crippen MR) is 41.5 cm³/mol. The van der Waals surface area contributed by atoms with E-state index in [9.17, 15) is 0 Å². The zero-order valence-electron chi connectivity index (χ0n) is 5.27. The molecule has 0 aliphatic rings. The third-order valence-corrected chi connectivity index (χ3v) is 3.76. The molecule has 0 bridgehead atoms. The summed E-state index contributed by atoms with van der Waals surface area (Å²) in [6.45, 7) is 6.83. The highest BCUT2D eigenvalue weighted by molar-refractivity contribution is 8.55. The molecule has 44 valence electrons. The predicted octanol–water partition coefficient (Wildman–Crippen LogP) is 2.79. The second kappa shape index (κ2) is 4.93. The van der Waals surface area contributed by atoms with Crippen molar-refractivity contribution < 1.29 is 0 Å². The maximum Gasteiger partial charge on any atom is -0.00286 e. The van der Waals surface area contributed by atoms with Gasteiger partial charge in [0.2, 0.25) is 0 Å². The third-order valence-electron chi connectivity index (χ3n) is 0.554. The summed E-state index contributed by atoms with van der Waals surface area (Å²) in [6, 6.07) is 0. The molecule has 0 fully saturated rings. The summed E-state index contributed by atoms with van der Waals surface area (Å²) in [6.07, 6.45) is 1.32. The summed E-state index contributed by atoms with van der Waals surface area (Å²) < 4.78 is 0. The maximum absolute atomic E-state index is 2.30. The molecule has 0 amide bonds. The highest BCUT2D eigenvalue weighted by Crippen LogP contribution is 2.41. The van der Waals surface area contributed by atoms with Crippen molar-refractivity contribution in [3.8, 4) is 0 Å². The number of hydrogen-bond acceptors (Lipinski definition) is 1. The Morgan fingerprint density at radius 2 is 2.00 bits per heavy atom. The van der Waals surface area contributed by atoms with Gasteiger partial charge in [-0.1, -0.05) is 14.0 Å². The van der Waals surface area contributed by atoms with E-state index >= 15 is 0 Å². The van der Waals surface area contributed by atoms with Gasteiger partial charge in [-0.05, 0) is 25.5 Å². The zero-order chi connectivity index (χ0) is 5.70. The molecule has 0 aliphatic carbocycles. The van der Waals surface area contributed by atoms with Crippen LogP contribution in [0.3, 0.4) is 0 Å². The van der Waals surface area contributed by atoms with Gasteiger partial charge in [0.25, 0.3) is 0 Å². The van der Waals surface area contributed by atoms with Crippen LogP contribution in [0.15, 0.2) is 0 Å². The van der Waals surface area contributed by atoms with Crippen LogP contribution in [0.2, 0.25) is 0 Å². The lowest BCUT2D eigenvalue weighted by molar-refractivity contribution is 1.11. The van der Waals surface area contributed by atoms with E-state index in [2.05, 4.69) is 31.6 Å². The standard InChI is InChI=1S/C5H13PS/c1-4-5-7-6(2)3/h4-5H2,1-3H3. The van der Waals surface area contributed by atoms with Gasteiger partial charge >= 0.3 is 0 Å². The second-order valence-corrected chi connectivity index (χ2v) is 6.90. The molecule has 7 heavy (non-hydrogen) atoms. The topological polar surface area (TPSA) is 0 Å².